The van der Waals surface area contributed by atoms with Gasteiger partial charge in [0.25, 0.3) is 0 Å². The molecule has 0 radical (unpaired) electrons. The van der Waals surface area contributed by atoms with Gasteiger partial charge in [0.2, 0.25) is 0 Å². The number of fused-ring (bicyclic) bond motifs is 2. The minimum absolute atomic E-state index is 1.14. The van der Waals surface area contributed by atoms with E-state index in [2.05, 4.69) is 82.2 Å². The van der Waals surface area contributed by atoms with Gasteiger partial charge in [-0.25, -0.2) is 0 Å². The molecule has 26 heavy (non-hydrogen) atoms. The van der Waals surface area contributed by atoms with Gasteiger partial charge in [-0.1, -0.05) is 62.1 Å². The predicted octanol–water partition coefficient (Wildman–Crippen LogP) is 6.64. The van der Waals surface area contributed by atoms with Crippen LogP contribution in [0.4, 0.5) is 0 Å². The molecule has 0 fully saturated rings. The van der Waals surface area contributed by atoms with Gasteiger partial charge < -0.3 is 9.13 Å². The van der Waals surface area contributed by atoms with Gasteiger partial charge in [0.1, 0.15) is 0 Å². The average molecular weight is 345 g/mol. The molecule has 0 bridgehead atoms. The number of hydrogen-bond donors (Lipinski definition) is 0. The van der Waals surface area contributed by atoms with E-state index in [1.807, 2.05) is 0 Å². The third-order valence-electron chi connectivity index (χ3n) is 5.41. The Bertz CT molecular complexity index is 880. The van der Waals surface area contributed by atoms with Gasteiger partial charge in [0, 0.05) is 36.5 Å². The van der Waals surface area contributed by atoms with Crippen molar-refractivity contribution in [3.05, 3.63) is 73.1 Å². The zero-order valence-corrected chi connectivity index (χ0v) is 15.5. The SMILES string of the molecule is c1ccc2c(c1)ccn2CCCCCCCCn1ccc2ccccc21. The largest absolute Gasteiger partial charge is 0.347 e. The Labute approximate surface area is 156 Å². The smallest absolute Gasteiger partial charge is 0.0480 e. The van der Waals surface area contributed by atoms with E-state index in [-0.39, 0.29) is 0 Å². The monoisotopic (exact) mass is 344 g/mol. The van der Waals surface area contributed by atoms with Crippen LogP contribution < -0.4 is 0 Å². The zero-order valence-electron chi connectivity index (χ0n) is 15.5. The van der Waals surface area contributed by atoms with Crippen molar-refractivity contribution in [3.8, 4) is 0 Å². The van der Waals surface area contributed by atoms with Crippen LogP contribution in [0.25, 0.3) is 21.8 Å². The minimum atomic E-state index is 1.14. The lowest BCUT2D eigenvalue weighted by Gasteiger charge is -2.07. The van der Waals surface area contributed by atoms with Gasteiger partial charge >= 0.3 is 0 Å². The molecule has 2 heterocycles. The molecule has 4 aromatic rings. The number of para-hydroxylation sites is 2. The van der Waals surface area contributed by atoms with Gasteiger partial charge in [-0.3, -0.25) is 0 Å². The highest BCUT2D eigenvalue weighted by Crippen LogP contribution is 2.18. The summed E-state index contributed by atoms with van der Waals surface area (Å²) in [6.07, 6.45) is 12.4. The summed E-state index contributed by atoms with van der Waals surface area (Å²) in [6.45, 7) is 2.28. The van der Waals surface area contributed by atoms with Crippen molar-refractivity contribution in [1.29, 1.82) is 0 Å². The second-order valence-electron chi connectivity index (χ2n) is 7.26. The molecule has 0 aliphatic carbocycles. The van der Waals surface area contributed by atoms with Crippen LogP contribution in [-0.4, -0.2) is 9.13 Å². The van der Waals surface area contributed by atoms with E-state index >= 15 is 0 Å². The molecule has 0 unspecified atom stereocenters. The van der Waals surface area contributed by atoms with Crippen molar-refractivity contribution in [3.63, 3.8) is 0 Å². The fraction of sp³-hybridized carbons (Fsp3) is 0.333. The maximum absolute atomic E-state index is 2.40. The van der Waals surface area contributed by atoms with E-state index < -0.39 is 0 Å². The van der Waals surface area contributed by atoms with Crippen molar-refractivity contribution in [2.45, 2.75) is 51.6 Å². The van der Waals surface area contributed by atoms with E-state index in [1.54, 1.807) is 0 Å². The molecule has 0 saturated heterocycles. The third-order valence-corrected chi connectivity index (χ3v) is 5.41. The first-order chi connectivity index (χ1) is 12.9. The highest BCUT2D eigenvalue weighted by atomic mass is 15.0. The molecular weight excluding hydrogens is 316 g/mol. The summed E-state index contributed by atoms with van der Waals surface area (Å²) in [5, 5.41) is 2.70. The summed E-state index contributed by atoms with van der Waals surface area (Å²) in [5.41, 5.74) is 2.73. The van der Waals surface area contributed by atoms with Crippen LogP contribution in [0.3, 0.4) is 0 Å². The summed E-state index contributed by atoms with van der Waals surface area (Å²) < 4.78 is 4.79. The molecule has 0 aliphatic heterocycles. The van der Waals surface area contributed by atoms with Crippen molar-refractivity contribution in [2.75, 3.05) is 0 Å². The molecule has 134 valence electrons. The Balaban J connectivity index is 1.13. The maximum Gasteiger partial charge on any atom is 0.0480 e. The van der Waals surface area contributed by atoms with Gasteiger partial charge in [0.05, 0.1) is 0 Å². The van der Waals surface area contributed by atoms with E-state index in [0.717, 1.165) is 13.1 Å². The maximum atomic E-state index is 2.40. The van der Waals surface area contributed by atoms with Crippen molar-refractivity contribution in [1.82, 2.24) is 9.13 Å². The summed E-state index contributed by atoms with van der Waals surface area (Å²) in [7, 11) is 0. The first-order valence-corrected chi connectivity index (χ1v) is 9.99. The Morgan fingerprint density at radius 1 is 0.462 bits per heavy atom. The van der Waals surface area contributed by atoms with Crippen LogP contribution in [0, 0.1) is 0 Å². The topological polar surface area (TPSA) is 9.86 Å². The summed E-state index contributed by atoms with van der Waals surface area (Å²) in [6, 6.07) is 21.8. The van der Waals surface area contributed by atoms with Crippen molar-refractivity contribution >= 4 is 21.8 Å². The average Bonchev–Trinajstić information content (AvgIpc) is 3.28. The Morgan fingerprint density at radius 2 is 0.885 bits per heavy atom. The number of unbranched alkanes of at least 4 members (excludes halogenated alkanes) is 5. The van der Waals surface area contributed by atoms with Gasteiger partial charge in [-0.2, -0.15) is 0 Å². The Morgan fingerprint density at radius 3 is 1.38 bits per heavy atom. The second kappa shape index (κ2) is 8.27. The first kappa shape index (κ1) is 17.0. The Kier molecular flexibility index (Phi) is 5.39. The van der Waals surface area contributed by atoms with Crippen LogP contribution in [0.1, 0.15) is 38.5 Å². The van der Waals surface area contributed by atoms with E-state index in [9.17, 15) is 0 Å². The lowest BCUT2D eigenvalue weighted by molar-refractivity contribution is 0.539. The molecule has 0 atom stereocenters. The molecule has 2 heteroatoms. The lowest BCUT2D eigenvalue weighted by Crippen LogP contribution is -1.97. The highest BCUT2D eigenvalue weighted by molar-refractivity contribution is 5.80. The second-order valence-corrected chi connectivity index (χ2v) is 7.26. The van der Waals surface area contributed by atoms with Crippen molar-refractivity contribution < 1.29 is 0 Å². The minimum Gasteiger partial charge on any atom is -0.347 e. The molecule has 0 N–H and O–H groups in total. The van der Waals surface area contributed by atoms with Gasteiger partial charge in [-0.05, 0) is 47.9 Å². The molecule has 0 aliphatic rings. The first-order valence-electron chi connectivity index (χ1n) is 9.99. The number of nitrogens with zero attached hydrogens (tertiary/aromatic N) is 2. The molecular formula is C24H28N2. The summed E-state index contributed by atoms with van der Waals surface area (Å²) >= 11 is 0. The standard InChI is InChI=1S/C24H28N2/c1(3-9-17-25-19-15-21-11-5-7-13-23(21)25)2-4-10-18-26-20-16-22-12-6-8-14-24(22)26/h5-8,11-16,19-20H,1-4,9-10,17-18H2. The van der Waals surface area contributed by atoms with Crippen LogP contribution in [-0.2, 0) is 13.1 Å². The molecule has 2 aromatic carbocycles. The Hall–Kier alpha value is -2.48. The molecule has 0 amide bonds. The van der Waals surface area contributed by atoms with Crippen LogP contribution in [0.15, 0.2) is 73.1 Å². The number of benzene rings is 2. The van der Waals surface area contributed by atoms with Crippen molar-refractivity contribution in [2.24, 2.45) is 0 Å². The van der Waals surface area contributed by atoms with Crippen LogP contribution in [0.2, 0.25) is 0 Å². The molecule has 2 nitrogen and oxygen atoms in total. The normalized spacial score (nSPS) is 11.5. The van der Waals surface area contributed by atoms with Gasteiger partial charge in [0.15, 0.2) is 0 Å². The zero-order chi connectivity index (χ0) is 17.6. The van der Waals surface area contributed by atoms with Crippen LogP contribution in [0.5, 0.6) is 0 Å². The lowest BCUT2D eigenvalue weighted by atomic mass is 10.1. The number of aryl methyl sites for hydroxylation is 2. The van der Waals surface area contributed by atoms with Gasteiger partial charge in [-0.15, -0.1) is 0 Å². The fourth-order valence-electron chi connectivity index (χ4n) is 3.94. The third kappa shape index (κ3) is 3.85. The number of hydrogen-bond acceptors (Lipinski definition) is 0. The quantitative estimate of drug-likeness (QED) is 0.301. The number of aromatic nitrogens is 2. The molecule has 2 aromatic heterocycles. The van der Waals surface area contributed by atoms with Crippen LogP contribution >= 0.6 is 0 Å². The molecule has 4 rings (SSSR count). The highest BCUT2D eigenvalue weighted by Gasteiger charge is 2.01. The van der Waals surface area contributed by atoms with E-state index in [0.29, 0.717) is 0 Å². The summed E-state index contributed by atoms with van der Waals surface area (Å²) in [5.74, 6) is 0. The fourth-order valence-corrected chi connectivity index (χ4v) is 3.94. The summed E-state index contributed by atoms with van der Waals surface area (Å²) in [4.78, 5) is 0. The molecule has 0 saturated carbocycles. The molecule has 0 spiro atoms. The van der Waals surface area contributed by atoms with E-state index in [4.69, 9.17) is 0 Å². The predicted molar refractivity (Wildman–Crippen MR) is 112 cm³/mol. The number of rotatable bonds is 9. The van der Waals surface area contributed by atoms with E-state index in [1.165, 1.54) is 60.3 Å².